The molecule has 84 valence electrons. The number of rotatable bonds is 5. The van der Waals surface area contributed by atoms with E-state index < -0.39 is 0 Å². The summed E-state index contributed by atoms with van der Waals surface area (Å²) in [4.78, 5) is 0. The highest BCUT2D eigenvalue weighted by Gasteiger charge is 2.04. The first-order valence-corrected chi connectivity index (χ1v) is 5.63. The molecule has 2 aromatic rings. The highest BCUT2D eigenvalue weighted by Crippen LogP contribution is 2.07. The molecule has 1 unspecified atom stereocenters. The summed E-state index contributed by atoms with van der Waals surface area (Å²) in [5, 5.41) is 10.4. The molecule has 0 aliphatic rings. The van der Waals surface area contributed by atoms with Crippen molar-refractivity contribution in [1.82, 2.24) is 15.5 Å². The fourth-order valence-electron chi connectivity index (χ4n) is 1.70. The summed E-state index contributed by atoms with van der Waals surface area (Å²) in [6.45, 7) is 3.11. The number of nitrogens with one attached hydrogen (secondary N) is 2. The zero-order valence-corrected chi connectivity index (χ0v) is 9.48. The predicted molar refractivity (Wildman–Crippen MR) is 65.2 cm³/mol. The Kier molecular flexibility index (Phi) is 3.72. The summed E-state index contributed by atoms with van der Waals surface area (Å²) in [6, 6.07) is 12.8. The molecule has 2 N–H and O–H groups in total. The van der Waals surface area contributed by atoms with E-state index in [9.17, 15) is 0 Å². The van der Waals surface area contributed by atoms with Gasteiger partial charge < -0.3 is 5.32 Å². The van der Waals surface area contributed by atoms with Crippen LogP contribution in [0.3, 0.4) is 0 Å². The summed E-state index contributed by atoms with van der Waals surface area (Å²) in [5.41, 5.74) is 2.50. The van der Waals surface area contributed by atoms with Crippen molar-refractivity contribution in [3.05, 3.63) is 53.9 Å². The molecule has 1 aromatic carbocycles. The van der Waals surface area contributed by atoms with Crippen LogP contribution >= 0.6 is 0 Å². The first kappa shape index (κ1) is 10.9. The van der Waals surface area contributed by atoms with Crippen LogP contribution in [0.25, 0.3) is 0 Å². The lowest BCUT2D eigenvalue weighted by Gasteiger charge is -2.11. The highest BCUT2D eigenvalue weighted by atomic mass is 15.1. The largest absolute Gasteiger partial charge is 0.309 e. The third-order valence-corrected chi connectivity index (χ3v) is 2.70. The molecule has 1 atom stereocenters. The maximum absolute atomic E-state index is 3.94. The predicted octanol–water partition coefficient (Wildman–Crippen LogP) is 2.30. The molecule has 2 rings (SSSR count). The minimum absolute atomic E-state index is 0.325. The van der Waals surface area contributed by atoms with E-state index in [0.29, 0.717) is 6.04 Å². The van der Waals surface area contributed by atoms with Gasteiger partial charge in [-0.05, 0) is 31.5 Å². The van der Waals surface area contributed by atoms with Gasteiger partial charge in [-0.3, -0.25) is 5.10 Å². The van der Waals surface area contributed by atoms with E-state index in [1.165, 1.54) is 5.56 Å². The molecule has 0 saturated heterocycles. The van der Waals surface area contributed by atoms with Crippen LogP contribution in [-0.4, -0.2) is 16.7 Å². The Morgan fingerprint density at radius 3 is 2.75 bits per heavy atom. The quantitative estimate of drug-likeness (QED) is 0.803. The standard InChI is InChI=1S/C13H17N3/c1-11(13-8-10-15-16-13)14-9-7-12-5-3-2-4-6-12/h2-6,8,10-11,14H,7,9H2,1H3,(H,15,16). The van der Waals surface area contributed by atoms with Crippen LogP contribution in [0, 0.1) is 0 Å². The first-order valence-electron chi connectivity index (χ1n) is 5.63. The van der Waals surface area contributed by atoms with Crippen molar-refractivity contribution in [2.24, 2.45) is 0 Å². The molecule has 0 amide bonds. The van der Waals surface area contributed by atoms with Crippen molar-refractivity contribution >= 4 is 0 Å². The van der Waals surface area contributed by atoms with Gasteiger partial charge in [0.2, 0.25) is 0 Å². The van der Waals surface area contributed by atoms with Gasteiger partial charge in [-0.25, -0.2) is 0 Å². The van der Waals surface area contributed by atoms with Crippen molar-refractivity contribution in [3.63, 3.8) is 0 Å². The van der Waals surface area contributed by atoms with Gasteiger partial charge in [0, 0.05) is 12.2 Å². The third kappa shape index (κ3) is 2.94. The third-order valence-electron chi connectivity index (χ3n) is 2.70. The van der Waals surface area contributed by atoms with Crippen molar-refractivity contribution in [1.29, 1.82) is 0 Å². The van der Waals surface area contributed by atoms with Gasteiger partial charge in [-0.15, -0.1) is 0 Å². The van der Waals surface area contributed by atoms with Crippen molar-refractivity contribution in [2.75, 3.05) is 6.54 Å². The van der Waals surface area contributed by atoms with Crippen LogP contribution in [-0.2, 0) is 6.42 Å². The van der Waals surface area contributed by atoms with Gasteiger partial charge >= 0.3 is 0 Å². The summed E-state index contributed by atoms with van der Waals surface area (Å²) in [6.07, 6.45) is 2.84. The Bertz CT molecular complexity index is 394. The van der Waals surface area contributed by atoms with E-state index in [4.69, 9.17) is 0 Å². The molecule has 0 fully saturated rings. The number of benzene rings is 1. The topological polar surface area (TPSA) is 40.7 Å². The number of H-pyrrole nitrogens is 1. The normalized spacial score (nSPS) is 12.6. The van der Waals surface area contributed by atoms with E-state index in [1.54, 1.807) is 6.20 Å². The van der Waals surface area contributed by atoms with Gasteiger partial charge in [0.05, 0.1) is 5.69 Å². The molecule has 0 spiro atoms. The summed E-state index contributed by atoms with van der Waals surface area (Å²) < 4.78 is 0. The van der Waals surface area contributed by atoms with Gasteiger partial charge in [0.15, 0.2) is 0 Å². The maximum Gasteiger partial charge on any atom is 0.0518 e. The lowest BCUT2D eigenvalue weighted by Crippen LogP contribution is -2.21. The second-order valence-corrected chi connectivity index (χ2v) is 3.92. The Morgan fingerprint density at radius 1 is 1.25 bits per heavy atom. The summed E-state index contributed by atoms with van der Waals surface area (Å²) >= 11 is 0. The lowest BCUT2D eigenvalue weighted by atomic mass is 10.1. The SMILES string of the molecule is CC(NCCc1ccccc1)c1ccn[nH]1. The van der Waals surface area contributed by atoms with Gasteiger partial charge in [-0.2, -0.15) is 5.10 Å². The summed E-state index contributed by atoms with van der Waals surface area (Å²) in [5.74, 6) is 0. The molecular weight excluding hydrogens is 198 g/mol. The Labute approximate surface area is 95.9 Å². The monoisotopic (exact) mass is 215 g/mol. The van der Waals surface area contributed by atoms with Gasteiger partial charge in [0.1, 0.15) is 0 Å². The van der Waals surface area contributed by atoms with E-state index in [1.807, 2.05) is 12.1 Å². The van der Waals surface area contributed by atoms with E-state index >= 15 is 0 Å². The number of aromatic nitrogens is 2. The van der Waals surface area contributed by atoms with Crippen LogP contribution < -0.4 is 5.32 Å². The van der Waals surface area contributed by atoms with Crippen LogP contribution in [0.15, 0.2) is 42.6 Å². The number of aromatic amines is 1. The van der Waals surface area contributed by atoms with E-state index in [2.05, 4.69) is 46.7 Å². The van der Waals surface area contributed by atoms with Crippen LogP contribution in [0.5, 0.6) is 0 Å². The molecule has 0 aliphatic heterocycles. The molecule has 16 heavy (non-hydrogen) atoms. The minimum Gasteiger partial charge on any atom is -0.309 e. The van der Waals surface area contributed by atoms with Crippen LogP contribution in [0.1, 0.15) is 24.2 Å². The minimum atomic E-state index is 0.325. The Balaban J connectivity index is 1.76. The average Bonchev–Trinajstić information content (AvgIpc) is 2.84. The molecule has 0 radical (unpaired) electrons. The molecule has 0 bridgehead atoms. The molecule has 1 heterocycles. The smallest absolute Gasteiger partial charge is 0.0518 e. The maximum atomic E-state index is 3.94. The van der Waals surface area contributed by atoms with Crippen molar-refractivity contribution in [3.8, 4) is 0 Å². The van der Waals surface area contributed by atoms with E-state index in [-0.39, 0.29) is 0 Å². The molecule has 0 saturated carbocycles. The average molecular weight is 215 g/mol. The van der Waals surface area contributed by atoms with Crippen molar-refractivity contribution < 1.29 is 0 Å². The Hall–Kier alpha value is -1.61. The van der Waals surface area contributed by atoms with E-state index in [0.717, 1.165) is 18.7 Å². The molecule has 3 heteroatoms. The summed E-state index contributed by atoms with van der Waals surface area (Å²) in [7, 11) is 0. The molecular formula is C13H17N3. The number of nitrogens with zero attached hydrogens (tertiary/aromatic N) is 1. The number of hydrogen-bond donors (Lipinski definition) is 2. The molecule has 0 aliphatic carbocycles. The molecule has 1 aromatic heterocycles. The first-order chi connectivity index (χ1) is 7.86. The van der Waals surface area contributed by atoms with Crippen LogP contribution in [0.2, 0.25) is 0 Å². The fraction of sp³-hybridized carbons (Fsp3) is 0.308. The Morgan fingerprint density at radius 2 is 2.06 bits per heavy atom. The van der Waals surface area contributed by atoms with Gasteiger partial charge in [0.25, 0.3) is 0 Å². The number of hydrogen-bond acceptors (Lipinski definition) is 2. The zero-order chi connectivity index (χ0) is 11.2. The second kappa shape index (κ2) is 5.47. The van der Waals surface area contributed by atoms with Gasteiger partial charge in [-0.1, -0.05) is 30.3 Å². The van der Waals surface area contributed by atoms with Crippen LogP contribution in [0.4, 0.5) is 0 Å². The second-order valence-electron chi connectivity index (χ2n) is 3.92. The highest BCUT2D eigenvalue weighted by molar-refractivity contribution is 5.15. The molecule has 3 nitrogen and oxygen atoms in total. The fourth-order valence-corrected chi connectivity index (χ4v) is 1.70. The zero-order valence-electron chi connectivity index (χ0n) is 9.48. The lowest BCUT2D eigenvalue weighted by molar-refractivity contribution is 0.563. The van der Waals surface area contributed by atoms with Crippen molar-refractivity contribution in [2.45, 2.75) is 19.4 Å².